The number of amides is 1. The van der Waals surface area contributed by atoms with Crippen LogP contribution in [-0.2, 0) is 11.2 Å². The lowest BCUT2D eigenvalue weighted by molar-refractivity contribution is -0.126. The Morgan fingerprint density at radius 2 is 2.17 bits per heavy atom. The molecule has 1 amide bonds. The summed E-state index contributed by atoms with van der Waals surface area (Å²) in [5, 5.41) is 6.25. The Balaban J connectivity index is 1.75. The maximum absolute atomic E-state index is 11.9. The van der Waals surface area contributed by atoms with Gasteiger partial charge in [0.1, 0.15) is 0 Å². The fourth-order valence-corrected chi connectivity index (χ4v) is 2.25. The summed E-state index contributed by atoms with van der Waals surface area (Å²) in [5.74, 6) is 0.835. The maximum Gasteiger partial charge on any atom is 0.223 e. The molecule has 0 spiro atoms. The molecule has 3 heteroatoms. The number of benzene rings is 1. The third-order valence-electron chi connectivity index (χ3n) is 3.89. The zero-order valence-electron chi connectivity index (χ0n) is 11.2. The van der Waals surface area contributed by atoms with Crippen LogP contribution < -0.4 is 10.6 Å². The van der Waals surface area contributed by atoms with Crippen molar-refractivity contribution in [1.29, 1.82) is 0 Å². The van der Waals surface area contributed by atoms with Crippen molar-refractivity contribution in [3.63, 3.8) is 0 Å². The van der Waals surface area contributed by atoms with Crippen LogP contribution in [0.3, 0.4) is 0 Å². The Hall–Kier alpha value is -1.35. The molecule has 1 heterocycles. The first-order chi connectivity index (χ1) is 8.68. The molecular weight excluding hydrogens is 224 g/mol. The van der Waals surface area contributed by atoms with E-state index in [1.807, 2.05) is 19.1 Å². The van der Waals surface area contributed by atoms with E-state index in [4.69, 9.17) is 0 Å². The van der Waals surface area contributed by atoms with Gasteiger partial charge in [-0.15, -0.1) is 0 Å². The van der Waals surface area contributed by atoms with Crippen molar-refractivity contribution in [3.05, 3.63) is 35.4 Å². The first kappa shape index (κ1) is 13.1. The number of hydrogen-bond donors (Lipinski definition) is 2. The zero-order valence-corrected chi connectivity index (χ0v) is 11.2. The van der Waals surface area contributed by atoms with E-state index in [9.17, 15) is 4.79 Å². The third-order valence-corrected chi connectivity index (χ3v) is 3.89. The third kappa shape index (κ3) is 3.10. The molecule has 0 saturated carbocycles. The molecule has 0 aliphatic carbocycles. The van der Waals surface area contributed by atoms with Gasteiger partial charge in [0.2, 0.25) is 5.91 Å². The van der Waals surface area contributed by atoms with Gasteiger partial charge in [-0.3, -0.25) is 4.79 Å². The number of carbonyl (C=O) groups is 1. The van der Waals surface area contributed by atoms with E-state index >= 15 is 0 Å². The van der Waals surface area contributed by atoms with Gasteiger partial charge in [-0.25, -0.2) is 0 Å². The Labute approximate surface area is 109 Å². The molecule has 98 valence electrons. The second kappa shape index (κ2) is 6.01. The molecule has 3 nitrogen and oxygen atoms in total. The predicted molar refractivity (Wildman–Crippen MR) is 73.4 cm³/mol. The normalized spacial score (nSPS) is 17.0. The van der Waals surface area contributed by atoms with Crippen LogP contribution in [-0.4, -0.2) is 25.5 Å². The van der Waals surface area contributed by atoms with Gasteiger partial charge >= 0.3 is 0 Å². The Morgan fingerprint density at radius 3 is 2.78 bits per heavy atom. The van der Waals surface area contributed by atoms with Crippen molar-refractivity contribution in [1.82, 2.24) is 10.6 Å². The zero-order chi connectivity index (χ0) is 13.0. The van der Waals surface area contributed by atoms with Crippen molar-refractivity contribution >= 4 is 5.91 Å². The van der Waals surface area contributed by atoms with Crippen molar-refractivity contribution in [2.24, 2.45) is 11.8 Å². The predicted octanol–water partition coefficient (Wildman–Crippen LogP) is 1.51. The van der Waals surface area contributed by atoms with Crippen LogP contribution in [0, 0.1) is 18.8 Å². The van der Waals surface area contributed by atoms with E-state index in [2.05, 4.69) is 29.7 Å². The number of rotatable bonds is 5. The molecule has 1 aliphatic heterocycles. The molecule has 1 fully saturated rings. The fraction of sp³-hybridized carbons (Fsp3) is 0.533. The summed E-state index contributed by atoms with van der Waals surface area (Å²) in [5.41, 5.74) is 2.61. The number of hydrogen-bond acceptors (Lipinski definition) is 2. The molecule has 18 heavy (non-hydrogen) atoms. The van der Waals surface area contributed by atoms with Gasteiger partial charge < -0.3 is 10.6 Å². The van der Waals surface area contributed by atoms with Gasteiger partial charge in [-0.2, -0.15) is 0 Å². The highest BCUT2D eigenvalue weighted by Gasteiger charge is 2.28. The molecule has 1 aromatic carbocycles. The van der Waals surface area contributed by atoms with Crippen molar-refractivity contribution in [2.75, 3.05) is 19.6 Å². The summed E-state index contributed by atoms with van der Waals surface area (Å²) in [6.07, 6.45) is 0.911. The van der Waals surface area contributed by atoms with Gasteiger partial charge in [0.15, 0.2) is 0 Å². The van der Waals surface area contributed by atoms with Crippen LogP contribution >= 0.6 is 0 Å². The fourth-order valence-electron chi connectivity index (χ4n) is 2.25. The molecular formula is C15H22N2O. The standard InChI is InChI=1S/C15H22N2O/c1-11-5-3-4-6-13(11)7-8-17-15(18)12(2)14-9-16-10-14/h3-6,12,14,16H,7-10H2,1-2H3,(H,17,18). The largest absolute Gasteiger partial charge is 0.356 e. The van der Waals surface area contributed by atoms with Gasteiger partial charge in [0.05, 0.1) is 0 Å². The molecule has 1 unspecified atom stereocenters. The van der Waals surface area contributed by atoms with E-state index in [0.29, 0.717) is 5.92 Å². The first-order valence-electron chi connectivity index (χ1n) is 6.71. The van der Waals surface area contributed by atoms with Crippen molar-refractivity contribution in [2.45, 2.75) is 20.3 Å². The lowest BCUT2D eigenvalue weighted by Crippen LogP contribution is -2.49. The Morgan fingerprint density at radius 1 is 1.44 bits per heavy atom. The van der Waals surface area contributed by atoms with Gasteiger partial charge in [0, 0.05) is 12.5 Å². The average Bonchev–Trinajstić information content (AvgIpc) is 2.29. The summed E-state index contributed by atoms with van der Waals surface area (Å²) >= 11 is 0. The molecule has 0 aromatic heterocycles. The molecule has 1 saturated heterocycles. The van der Waals surface area contributed by atoms with E-state index in [0.717, 1.165) is 26.1 Å². The quantitative estimate of drug-likeness (QED) is 0.827. The van der Waals surface area contributed by atoms with E-state index in [-0.39, 0.29) is 11.8 Å². The van der Waals surface area contributed by atoms with Crippen LogP contribution in [0.5, 0.6) is 0 Å². The van der Waals surface area contributed by atoms with E-state index in [1.54, 1.807) is 0 Å². The first-order valence-corrected chi connectivity index (χ1v) is 6.71. The molecule has 1 aliphatic rings. The number of aryl methyl sites for hydroxylation is 1. The second-order valence-corrected chi connectivity index (χ2v) is 5.17. The molecule has 1 atom stereocenters. The van der Waals surface area contributed by atoms with E-state index in [1.165, 1.54) is 11.1 Å². The van der Waals surface area contributed by atoms with Gasteiger partial charge in [-0.05, 0) is 43.5 Å². The van der Waals surface area contributed by atoms with Gasteiger partial charge in [-0.1, -0.05) is 31.2 Å². The molecule has 0 bridgehead atoms. The van der Waals surface area contributed by atoms with Crippen LogP contribution in [0.4, 0.5) is 0 Å². The highest BCUT2D eigenvalue weighted by molar-refractivity contribution is 5.78. The monoisotopic (exact) mass is 246 g/mol. The minimum absolute atomic E-state index is 0.128. The lowest BCUT2D eigenvalue weighted by atomic mass is 9.88. The minimum atomic E-state index is 0.128. The van der Waals surface area contributed by atoms with Crippen LogP contribution in [0.25, 0.3) is 0 Å². The van der Waals surface area contributed by atoms with Crippen LogP contribution in [0.2, 0.25) is 0 Å². The minimum Gasteiger partial charge on any atom is -0.356 e. The SMILES string of the molecule is Cc1ccccc1CCNC(=O)C(C)C1CNC1. The average molecular weight is 246 g/mol. The summed E-state index contributed by atoms with van der Waals surface area (Å²) in [4.78, 5) is 11.9. The van der Waals surface area contributed by atoms with Crippen molar-refractivity contribution < 1.29 is 4.79 Å². The summed E-state index contributed by atoms with van der Waals surface area (Å²) < 4.78 is 0. The summed E-state index contributed by atoms with van der Waals surface area (Å²) in [7, 11) is 0. The second-order valence-electron chi connectivity index (χ2n) is 5.17. The lowest BCUT2D eigenvalue weighted by Gasteiger charge is -2.31. The maximum atomic E-state index is 11.9. The smallest absolute Gasteiger partial charge is 0.223 e. The molecule has 2 rings (SSSR count). The molecule has 1 aromatic rings. The summed E-state index contributed by atoms with van der Waals surface area (Å²) in [6, 6.07) is 8.33. The highest BCUT2D eigenvalue weighted by Crippen LogP contribution is 2.15. The summed E-state index contributed by atoms with van der Waals surface area (Å²) in [6.45, 7) is 6.82. The van der Waals surface area contributed by atoms with Crippen molar-refractivity contribution in [3.8, 4) is 0 Å². The number of carbonyl (C=O) groups excluding carboxylic acids is 1. The van der Waals surface area contributed by atoms with Gasteiger partial charge in [0.25, 0.3) is 0 Å². The molecule has 0 radical (unpaired) electrons. The Bertz CT molecular complexity index is 413. The molecule has 2 N–H and O–H groups in total. The van der Waals surface area contributed by atoms with Crippen LogP contribution in [0.15, 0.2) is 24.3 Å². The van der Waals surface area contributed by atoms with Crippen LogP contribution in [0.1, 0.15) is 18.1 Å². The highest BCUT2D eigenvalue weighted by atomic mass is 16.1. The topological polar surface area (TPSA) is 41.1 Å². The Kier molecular flexibility index (Phi) is 4.37. The number of nitrogens with one attached hydrogen (secondary N) is 2. The van der Waals surface area contributed by atoms with E-state index < -0.39 is 0 Å².